The van der Waals surface area contributed by atoms with Crippen LogP contribution in [0.15, 0.2) is 0 Å². The number of carbonyl (C=O) groups is 1. The van der Waals surface area contributed by atoms with E-state index in [1.807, 2.05) is 18.9 Å². The molecule has 0 saturated heterocycles. The van der Waals surface area contributed by atoms with Gasteiger partial charge in [0.05, 0.1) is 50.2 Å². The van der Waals surface area contributed by atoms with E-state index in [9.17, 15) is 4.79 Å². The molecule has 1 unspecified atom stereocenters. The molecule has 1 aromatic heterocycles. The van der Waals surface area contributed by atoms with Crippen molar-refractivity contribution in [3.05, 3.63) is 17.0 Å². The van der Waals surface area contributed by atoms with E-state index in [1.54, 1.807) is 21.3 Å². The van der Waals surface area contributed by atoms with Gasteiger partial charge in [0, 0.05) is 58.5 Å². The summed E-state index contributed by atoms with van der Waals surface area (Å²) in [6, 6.07) is 0. The fourth-order valence-corrected chi connectivity index (χ4v) is 5.90. The molecule has 0 bridgehead atoms. The van der Waals surface area contributed by atoms with Crippen LogP contribution in [-0.4, -0.2) is 100 Å². The van der Waals surface area contributed by atoms with Crippen molar-refractivity contribution in [2.75, 3.05) is 74.9 Å². The lowest BCUT2D eigenvalue weighted by Gasteiger charge is -2.40. The highest BCUT2D eigenvalue weighted by Crippen LogP contribution is 2.45. The van der Waals surface area contributed by atoms with Crippen LogP contribution in [-0.2, 0) is 38.6 Å². The minimum atomic E-state index is -0.136. The monoisotopic (exact) mass is 493 g/mol. The van der Waals surface area contributed by atoms with Crippen LogP contribution in [0.1, 0.15) is 55.5 Å². The van der Waals surface area contributed by atoms with Gasteiger partial charge in [0.15, 0.2) is 0 Å². The number of ether oxygens (including phenoxy) is 3. The Morgan fingerprint density at radius 2 is 1.86 bits per heavy atom. The van der Waals surface area contributed by atoms with Crippen molar-refractivity contribution in [2.45, 2.75) is 58.2 Å². The first kappa shape index (κ1) is 28.1. The number of aromatic nitrogens is 2. The molecule has 35 heavy (non-hydrogen) atoms. The van der Waals surface area contributed by atoms with Crippen LogP contribution in [0.25, 0.3) is 0 Å². The average Bonchev–Trinajstić information content (AvgIpc) is 3.20. The van der Waals surface area contributed by atoms with Crippen LogP contribution in [0.2, 0.25) is 0 Å². The lowest BCUT2D eigenvalue weighted by atomic mass is 9.69. The molecule has 2 aliphatic rings. The molecule has 2 heterocycles. The van der Waals surface area contributed by atoms with Gasteiger partial charge in [-0.15, -0.1) is 0 Å². The Kier molecular flexibility index (Phi) is 10.5. The predicted molar refractivity (Wildman–Crippen MR) is 136 cm³/mol. The SMILES string of the molecule is CNCCN(C)Cc1nn2c(c1C1CCC(COC)(COC)CC1)CN(C(=O)C(C)COC)CC2. The van der Waals surface area contributed by atoms with Crippen LogP contribution >= 0.6 is 0 Å². The number of amides is 1. The Hall–Kier alpha value is -1.52. The van der Waals surface area contributed by atoms with Crippen molar-refractivity contribution in [3.8, 4) is 0 Å². The molecule has 0 aromatic carbocycles. The molecular weight excluding hydrogens is 446 g/mol. The molecule has 0 spiro atoms. The van der Waals surface area contributed by atoms with Crippen LogP contribution in [0, 0.1) is 11.3 Å². The first-order valence-corrected chi connectivity index (χ1v) is 13.0. The minimum absolute atomic E-state index is 0.0918. The molecule has 200 valence electrons. The van der Waals surface area contributed by atoms with Crippen molar-refractivity contribution < 1.29 is 19.0 Å². The summed E-state index contributed by atoms with van der Waals surface area (Å²) in [5, 5.41) is 8.34. The maximum atomic E-state index is 13.1. The topological polar surface area (TPSA) is 81.1 Å². The van der Waals surface area contributed by atoms with Crippen LogP contribution in [0.3, 0.4) is 0 Å². The second kappa shape index (κ2) is 13.1. The number of carbonyl (C=O) groups excluding carboxylic acids is 1. The van der Waals surface area contributed by atoms with Gasteiger partial charge in [-0.1, -0.05) is 6.92 Å². The summed E-state index contributed by atoms with van der Waals surface area (Å²) in [4.78, 5) is 17.4. The minimum Gasteiger partial charge on any atom is -0.384 e. The standard InChI is InChI=1S/C26H47N5O4/c1-20(17-33-4)25(32)30-13-14-31-23(16-30)24(22(28-31)15-29(3)12-11-27-2)21-7-9-26(10-8-21,18-34-5)19-35-6/h20-21,27H,7-19H2,1-6H3. The number of hydrogen-bond donors (Lipinski definition) is 1. The lowest BCUT2D eigenvalue weighted by molar-refractivity contribution is -0.138. The Morgan fingerprint density at radius 1 is 1.17 bits per heavy atom. The molecule has 1 aliphatic heterocycles. The number of likely N-dealkylation sites (N-methyl/N-ethyl adjacent to an activating group) is 2. The van der Waals surface area contributed by atoms with Gasteiger partial charge in [-0.3, -0.25) is 14.4 Å². The van der Waals surface area contributed by atoms with Crippen molar-refractivity contribution in [3.63, 3.8) is 0 Å². The van der Waals surface area contributed by atoms with Gasteiger partial charge >= 0.3 is 0 Å². The molecule has 9 nitrogen and oxygen atoms in total. The highest BCUT2D eigenvalue weighted by Gasteiger charge is 2.39. The summed E-state index contributed by atoms with van der Waals surface area (Å²) in [7, 11) is 9.37. The van der Waals surface area contributed by atoms with Crippen LogP contribution in [0.5, 0.6) is 0 Å². The summed E-state index contributed by atoms with van der Waals surface area (Å²) in [6.07, 6.45) is 4.33. The highest BCUT2D eigenvalue weighted by molar-refractivity contribution is 5.78. The zero-order chi connectivity index (χ0) is 25.4. The van der Waals surface area contributed by atoms with Gasteiger partial charge in [0.1, 0.15) is 0 Å². The Morgan fingerprint density at radius 3 is 2.46 bits per heavy atom. The molecule has 1 fully saturated rings. The Labute approximate surface area is 211 Å². The summed E-state index contributed by atoms with van der Waals surface area (Å²) in [5.74, 6) is 0.476. The van der Waals surface area contributed by atoms with Crippen molar-refractivity contribution in [1.29, 1.82) is 0 Å². The molecule has 3 rings (SSSR count). The number of fused-ring (bicyclic) bond motifs is 1. The van der Waals surface area contributed by atoms with E-state index in [0.717, 1.165) is 65.1 Å². The third-order valence-corrected chi connectivity index (χ3v) is 7.77. The molecule has 1 aromatic rings. The van der Waals surface area contributed by atoms with E-state index >= 15 is 0 Å². The predicted octanol–water partition coefficient (Wildman–Crippen LogP) is 2.10. The van der Waals surface area contributed by atoms with Gasteiger partial charge in [-0.05, 0) is 45.7 Å². The van der Waals surface area contributed by atoms with Crippen molar-refractivity contribution in [2.24, 2.45) is 11.3 Å². The maximum absolute atomic E-state index is 13.1. The molecule has 1 amide bonds. The molecule has 0 radical (unpaired) electrons. The lowest BCUT2D eigenvalue weighted by Crippen LogP contribution is -2.42. The zero-order valence-electron chi connectivity index (χ0n) is 22.8. The average molecular weight is 494 g/mol. The van der Waals surface area contributed by atoms with Crippen LogP contribution in [0.4, 0.5) is 0 Å². The Balaban J connectivity index is 1.86. The van der Waals surface area contributed by atoms with E-state index in [0.29, 0.717) is 25.6 Å². The second-order valence-electron chi connectivity index (χ2n) is 10.6. The summed E-state index contributed by atoms with van der Waals surface area (Å²) in [6.45, 7) is 8.68. The number of rotatable bonds is 13. The molecule has 1 N–H and O–H groups in total. The number of methoxy groups -OCH3 is 3. The number of nitrogens with zero attached hydrogens (tertiary/aromatic N) is 4. The van der Waals surface area contributed by atoms with Crippen LogP contribution < -0.4 is 5.32 Å². The normalized spacial score (nSPS) is 19.2. The van der Waals surface area contributed by atoms with E-state index in [4.69, 9.17) is 19.3 Å². The molecule has 1 aliphatic carbocycles. The number of hydrogen-bond acceptors (Lipinski definition) is 7. The fourth-order valence-electron chi connectivity index (χ4n) is 5.90. The van der Waals surface area contributed by atoms with E-state index < -0.39 is 0 Å². The van der Waals surface area contributed by atoms with E-state index in [1.165, 1.54) is 17.0 Å². The summed E-state index contributed by atoms with van der Waals surface area (Å²) in [5.41, 5.74) is 3.87. The molecule has 1 atom stereocenters. The third-order valence-electron chi connectivity index (χ3n) is 7.77. The van der Waals surface area contributed by atoms with Gasteiger partial charge < -0.3 is 24.4 Å². The summed E-state index contributed by atoms with van der Waals surface area (Å²) >= 11 is 0. The maximum Gasteiger partial charge on any atom is 0.228 e. The van der Waals surface area contributed by atoms with Gasteiger partial charge in [-0.25, -0.2) is 0 Å². The second-order valence-corrected chi connectivity index (χ2v) is 10.6. The first-order valence-electron chi connectivity index (χ1n) is 13.0. The quantitative estimate of drug-likeness (QED) is 0.451. The van der Waals surface area contributed by atoms with Crippen molar-refractivity contribution in [1.82, 2.24) is 24.9 Å². The molecule has 1 saturated carbocycles. The first-order chi connectivity index (χ1) is 16.9. The van der Waals surface area contributed by atoms with E-state index in [-0.39, 0.29) is 17.2 Å². The molecular formula is C26H47N5O4. The fraction of sp³-hybridized carbons (Fsp3) is 0.846. The van der Waals surface area contributed by atoms with Gasteiger partial charge in [0.2, 0.25) is 5.91 Å². The van der Waals surface area contributed by atoms with Gasteiger partial charge in [-0.2, -0.15) is 5.10 Å². The summed E-state index contributed by atoms with van der Waals surface area (Å²) < 4.78 is 18.6. The smallest absolute Gasteiger partial charge is 0.228 e. The third kappa shape index (κ3) is 6.83. The molecule has 9 heteroatoms. The largest absolute Gasteiger partial charge is 0.384 e. The highest BCUT2D eigenvalue weighted by atomic mass is 16.5. The zero-order valence-corrected chi connectivity index (χ0v) is 22.8. The van der Waals surface area contributed by atoms with Crippen molar-refractivity contribution >= 4 is 5.91 Å². The van der Waals surface area contributed by atoms with Gasteiger partial charge in [0.25, 0.3) is 0 Å². The van der Waals surface area contributed by atoms with E-state index in [2.05, 4.69) is 21.9 Å². The Bertz CT molecular complexity index is 798. The number of nitrogens with one attached hydrogen (secondary N) is 1.